The summed E-state index contributed by atoms with van der Waals surface area (Å²) in [5.41, 5.74) is 0.545. The van der Waals surface area contributed by atoms with Crippen LogP contribution in [0.2, 0.25) is 0 Å². The van der Waals surface area contributed by atoms with Gasteiger partial charge in [-0.2, -0.15) is 0 Å². The smallest absolute Gasteiger partial charge is 0.208 e. The second kappa shape index (κ2) is 5.77. The van der Waals surface area contributed by atoms with E-state index in [4.69, 9.17) is 14.2 Å². The summed E-state index contributed by atoms with van der Waals surface area (Å²) in [6.07, 6.45) is -0.649. The van der Waals surface area contributed by atoms with Crippen LogP contribution in [-0.2, 0) is 0 Å². The Morgan fingerprint density at radius 3 is 2.71 bits per heavy atom. The van der Waals surface area contributed by atoms with E-state index < -0.39 is 6.10 Å². The molecule has 0 fully saturated rings. The highest BCUT2D eigenvalue weighted by atomic mass is 79.9. The average molecular weight is 349 g/mol. The third-order valence-corrected chi connectivity index (χ3v) is 3.90. The monoisotopic (exact) mass is 348 g/mol. The largest absolute Gasteiger partial charge is 0.497 e. The zero-order valence-electron chi connectivity index (χ0n) is 11.3. The van der Waals surface area contributed by atoms with Gasteiger partial charge >= 0.3 is 0 Å². The normalized spacial score (nSPS) is 16.4. The molecule has 3 rings (SSSR count). The number of carbonyl (C=O) groups is 1. The Morgan fingerprint density at radius 2 is 2.00 bits per heavy atom. The van der Waals surface area contributed by atoms with Crippen LogP contribution in [0, 0.1) is 0 Å². The number of ether oxygens (including phenoxy) is 3. The van der Waals surface area contributed by atoms with Crippen LogP contribution in [0.25, 0.3) is 0 Å². The number of halogens is 1. The van der Waals surface area contributed by atoms with Crippen LogP contribution in [0.3, 0.4) is 0 Å². The molecule has 0 N–H and O–H groups in total. The molecule has 0 radical (unpaired) electrons. The number of benzene rings is 2. The van der Waals surface area contributed by atoms with Crippen LogP contribution < -0.4 is 14.2 Å². The Kier molecular flexibility index (Phi) is 3.84. The Hall–Kier alpha value is -2.01. The molecule has 0 bridgehead atoms. The lowest BCUT2D eigenvalue weighted by molar-refractivity contribution is 0.0585. The standard InChI is InChI=1S/C16H13BrO4/c1-19-10-6-7-11(12(17)8-10)16(18)15-9-20-13-4-2-3-5-14(13)21-15/h2-8,15H,9H2,1H3. The van der Waals surface area contributed by atoms with Gasteiger partial charge in [0.25, 0.3) is 0 Å². The zero-order chi connectivity index (χ0) is 14.8. The van der Waals surface area contributed by atoms with Crippen molar-refractivity contribution in [1.82, 2.24) is 0 Å². The van der Waals surface area contributed by atoms with Crippen molar-refractivity contribution in [3.8, 4) is 17.2 Å². The predicted molar refractivity (Wildman–Crippen MR) is 81.4 cm³/mol. The second-order valence-electron chi connectivity index (χ2n) is 4.57. The van der Waals surface area contributed by atoms with Crippen LogP contribution in [0.15, 0.2) is 46.9 Å². The molecular formula is C16H13BrO4. The molecule has 0 aromatic heterocycles. The van der Waals surface area contributed by atoms with Crippen LogP contribution in [0.5, 0.6) is 17.2 Å². The van der Waals surface area contributed by atoms with Crippen LogP contribution in [0.4, 0.5) is 0 Å². The van der Waals surface area contributed by atoms with Crippen LogP contribution >= 0.6 is 15.9 Å². The third kappa shape index (κ3) is 2.74. The zero-order valence-corrected chi connectivity index (χ0v) is 12.9. The minimum absolute atomic E-state index is 0.126. The highest BCUT2D eigenvalue weighted by Gasteiger charge is 2.29. The van der Waals surface area contributed by atoms with Gasteiger partial charge in [-0.15, -0.1) is 0 Å². The average Bonchev–Trinajstić information content (AvgIpc) is 2.53. The molecule has 1 atom stereocenters. The van der Waals surface area contributed by atoms with Gasteiger partial charge in [0.15, 0.2) is 17.6 Å². The summed E-state index contributed by atoms with van der Waals surface area (Å²) in [6.45, 7) is 0.203. The molecule has 1 aliphatic rings. The van der Waals surface area contributed by atoms with Gasteiger partial charge in [-0.3, -0.25) is 4.79 Å². The molecule has 108 valence electrons. The Balaban J connectivity index is 1.84. The molecule has 0 saturated carbocycles. The maximum absolute atomic E-state index is 12.6. The SMILES string of the molecule is COc1ccc(C(=O)C2COc3ccccc3O2)c(Br)c1. The second-order valence-corrected chi connectivity index (χ2v) is 5.43. The van der Waals surface area contributed by atoms with E-state index in [-0.39, 0.29) is 12.4 Å². The molecule has 2 aromatic rings. The van der Waals surface area contributed by atoms with Gasteiger partial charge in [0, 0.05) is 10.0 Å². The highest BCUT2D eigenvalue weighted by Crippen LogP contribution is 2.32. The summed E-state index contributed by atoms with van der Waals surface area (Å²) in [5.74, 6) is 1.81. The highest BCUT2D eigenvalue weighted by molar-refractivity contribution is 9.10. The molecule has 5 heteroatoms. The summed E-state index contributed by atoms with van der Waals surface area (Å²) in [4.78, 5) is 12.6. The number of carbonyl (C=O) groups excluding carboxylic acids is 1. The first kappa shape index (κ1) is 13.9. The maximum Gasteiger partial charge on any atom is 0.208 e. The molecule has 0 saturated heterocycles. The topological polar surface area (TPSA) is 44.8 Å². The fourth-order valence-electron chi connectivity index (χ4n) is 2.14. The lowest BCUT2D eigenvalue weighted by Gasteiger charge is -2.25. The third-order valence-electron chi connectivity index (χ3n) is 3.24. The van der Waals surface area contributed by atoms with Crippen LogP contribution in [-0.4, -0.2) is 25.6 Å². The maximum atomic E-state index is 12.6. The van der Waals surface area contributed by atoms with E-state index >= 15 is 0 Å². The van der Waals surface area contributed by atoms with E-state index in [0.717, 1.165) is 0 Å². The van der Waals surface area contributed by atoms with Crippen molar-refractivity contribution >= 4 is 21.7 Å². The number of hydrogen-bond donors (Lipinski definition) is 0. The molecule has 0 spiro atoms. The van der Waals surface area contributed by atoms with Crippen molar-refractivity contribution in [3.05, 3.63) is 52.5 Å². The van der Waals surface area contributed by atoms with Gasteiger partial charge in [0.05, 0.1) is 7.11 Å². The molecule has 1 aliphatic heterocycles. The number of methoxy groups -OCH3 is 1. The first-order chi connectivity index (χ1) is 10.2. The summed E-state index contributed by atoms with van der Waals surface area (Å²) in [7, 11) is 1.58. The van der Waals surface area contributed by atoms with Crippen molar-refractivity contribution in [2.45, 2.75) is 6.10 Å². The van der Waals surface area contributed by atoms with Crippen molar-refractivity contribution in [1.29, 1.82) is 0 Å². The van der Waals surface area contributed by atoms with Gasteiger partial charge in [-0.1, -0.05) is 12.1 Å². The lowest BCUT2D eigenvalue weighted by atomic mass is 10.1. The molecule has 21 heavy (non-hydrogen) atoms. The van der Waals surface area contributed by atoms with Crippen molar-refractivity contribution in [2.24, 2.45) is 0 Å². The van der Waals surface area contributed by atoms with Crippen LogP contribution in [0.1, 0.15) is 10.4 Å². The summed E-state index contributed by atoms with van der Waals surface area (Å²) >= 11 is 3.39. The van der Waals surface area contributed by atoms with Gasteiger partial charge < -0.3 is 14.2 Å². The quantitative estimate of drug-likeness (QED) is 0.796. The fraction of sp³-hybridized carbons (Fsp3) is 0.188. The Bertz CT molecular complexity index is 684. The summed E-state index contributed by atoms with van der Waals surface area (Å²) < 4.78 is 17.1. The van der Waals surface area contributed by atoms with Crippen molar-refractivity contribution < 1.29 is 19.0 Å². The van der Waals surface area contributed by atoms with Gasteiger partial charge in [-0.05, 0) is 46.3 Å². The van der Waals surface area contributed by atoms with Gasteiger partial charge in [-0.25, -0.2) is 0 Å². The Morgan fingerprint density at radius 1 is 1.24 bits per heavy atom. The van der Waals surface area contributed by atoms with E-state index in [1.807, 2.05) is 18.2 Å². The fourth-order valence-corrected chi connectivity index (χ4v) is 2.70. The van der Waals surface area contributed by atoms with Crippen molar-refractivity contribution in [3.63, 3.8) is 0 Å². The number of para-hydroxylation sites is 2. The lowest BCUT2D eigenvalue weighted by Crippen LogP contribution is -2.36. The predicted octanol–water partition coefficient (Wildman–Crippen LogP) is 3.48. The molecule has 2 aromatic carbocycles. The number of hydrogen-bond acceptors (Lipinski definition) is 4. The molecular weight excluding hydrogens is 336 g/mol. The molecule has 0 aliphatic carbocycles. The number of Topliss-reactive ketones (excluding diaryl/α,β-unsaturated/α-hetero) is 1. The van der Waals surface area contributed by atoms with E-state index in [2.05, 4.69) is 15.9 Å². The number of rotatable bonds is 3. The van der Waals surface area contributed by atoms with E-state index in [0.29, 0.717) is 27.3 Å². The minimum atomic E-state index is -0.649. The summed E-state index contributed by atoms with van der Waals surface area (Å²) in [5, 5.41) is 0. The van der Waals surface area contributed by atoms with E-state index in [1.54, 1.807) is 31.4 Å². The summed E-state index contributed by atoms with van der Waals surface area (Å²) in [6, 6.07) is 12.5. The molecule has 1 heterocycles. The van der Waals surface area contributed by atoms with E-state index in [1.165, 1.54) is 0 Å². The Labute approximate surface area is 130 Å². The minimum Gasteiger partial charge on any atom is -0.497 e. The first-order valence-corrected chi connectivity index (χ1v) is 7.24. The molecule has 1 unspecified atom stereocenters. The number of ketones is 1. The van der Waals surface area contributed by atoms with Gasteiger partial charge in [0.2, 0.25) is 5.78 Å². The molecule has 0 amide bonds. The first-order valence-electron chi connectivity index (χ1n) is 6.45. The number of fused-ring (bicyclic) bond motifs is 1. The molecule has 4 nitrogen and oxygen atoms in total. The van der Waals surface area contributed by atoms with Gasteiger partial charge in [0.1, 0.15) is 12.4 Å². The van der Waals surface area contributed by atoms with Crippen molar-refractivity contribution in [2.75, 3.05) is 13.7 Å². The van der Waals surface area contributed by atoms with E-state index in [9.17, 15) is 4.79 Å².